The molecular formula is C19H22N4O2. The van der Waals surface area contributed by atoms with Crippen LogP contribution >= 0.6 is 0 Å². The minimum absolute atomic E-state index is 0.00977. The van der Waals surface area contributed by atoms with Gasteiger partial charge in [-0.2, -0.15) is 0 Å². The van der Waals surface area contributed by atoms with Crippen molar-refractivity contribution >= 4 is 17.5 Å². The molecule has 130 valence electrons. The number of anilines is 1. The summed E-state index contributed by atoms with van der Waals surface area (Å²) in [6, 6.07) is 12.9. The first kappa shape index (κ1) is 17.0. The second kappa shape index (κ2) is 7.34. The normalized spacial score (nSPS) is 16.4. The number of hydrogen-bond donors (Lipinski definition) is 2. The molecule has 0 saturated carbocycles. The van der Waals surface area contributed by atoms with Crippen LogP contribution in [-0.2, 0) is 11.3 Å². The average Bonchev–Trinajstić information content (AvgIpc) is 2.63. The van der Waals surface area contributed by atoms with Gasteiger partial charge in [-0.25, -0.2) is 0 Å². The highest BCUT2D eigenvalue weighted by atomic mass is 16.2. The summed E-state index contributed by atoms with van der Waals surface area (Å²) in [6.45, 7) is 4.41. The Labute approximate surface area is 147 Å². The lowest BCUT2D eigenvalue weighted by Gasteiger charge is -2.39. The molecule has 0 radical (unpaired) electrons. The number of aromatic nitrogens is 1. The average molecular weight is 338 g/mol. The van der Waals surface area contributed by atoms with Gasteiger partial charge in [0.15, 0.2) is 0 Å². The van der Waals surface area contributed by atoms with Gasteiger partial charge in [0, 0.05) is 11.9 Å². The zero-order valence-corrected chi connectivity index (χ0v) is 14.4. The van der Waals surface area contributed by atoms with Gasteiger partial charge in [0.1, 0.15) is 12.7 Å². The Morgan fingerprint density at radius 2 is 2.00 bits per heavy atom. The van der Waals surface area contributed by atoms with Gasteiger partial charge in [0.25, 0.3) is 5.91 Å². The molecule has 2 N–H and O–H groups in total. The van der Waals surface area contributed by atoms with Gasteiger partial charge in [-0.05, 0) is 30.2 Å². The maximum absolute atomic E-state index is 12.8. The third-order valence-corrected chi connectivity index (χ3v) is 4.20. The van der Waals surface area contributed by atoms with Gasteiger partial charge >= 0.3 is 0 Å². The molecule has 1 atom stereocenters. The first-order valence-electron chi connectivity index (χ1n) is 8.39. The van der Waals surface area contributed by atoms with E-state index in [1.165, 1.54) is 0 Å². The topological polar surface area (TPSA) is 74.3 Å². The van der Waals surface area contributed by atoms with Crippen molar-refractivity contribution in [1.82, 2.24) is 15.2 Å². The SMILES string of the molecule is CC(C)[C@@H]1Nc2ccccc2C(=O)N1CC(=O)NCc1ccccn1. The second-order valence-corrected chi connectivity index (χ2v) is 6.41. The van der Waals surface area contributed by atoms with Crippen molar-refractivity contribution in [3.8, 4) is 0 Å². The van der Waals surface area contributed by atoms with E-state index in [2.05, 4.69) is 15.6 Å². The largest absolute Gasteiger partial charge is 0.364 e. The number of benzene rings is 1. The minimum Gasteiger partial charge on any atom is -0.364 e. The Morgan fingerprint density at radius 1 is 1.24 bits per heavy atom. The standard InChI is InChI=1S/C19H22N4O2/c1-13(2)18-22-16-9-4-3-8-15(16)19(25)23(18)12-17(24)21-11-14-7-5-6-10-20-14/h3-10,13,18,22H,11-12H2,1-2H3,(H,21,24)/t18-/m1/s1. The Bertz CT molecular complexity index is 761. The highest BCUT2D eigenvalue weighted by molar-refractivity contribution is 6.03. The lowest BCUT2D eigenvalue weighted by atomic mass is 10.0. The number of carbonyl (C=O) groups is 2. The molecule has 6 nitrogen and oxygen atoms in total. The third-order valence-electron chi connectivity index (χ3n) is 4.20. The lowest BCUT2D eigenvalue weighted by Crippen LogP contribution is -2.54. The number of amides is 2. The third kappa shape index (κ3) is 3.79. The molecule has 0 saturated heterocycles. The van der Waals surface area contributed by atoms with Crippen molar-refractivity contribution in [3.63, 3.8) is 0 Å². The number of nitrogens with one attached hydrogen (secondary N) is 2. The number of para-hydroxylation sites is 1. The highest BCUT2D eigenvalue weighted by Gasteiger charge is 2.34. The Morgan fingerprint density at radius 3 is 2.72 bits per heavy atom. The van der Waals surface area contributed by atoms with Gasteiger partial charge in [-0.15, -0.1) is 0 Å². The van der Waals surface area contributed by atoms with Crippen molar-refractivity contribution in [3.05, 3.63) is 59.9 Å². The summed E-state index contributed by atoms with van der Waals surface area (Å²) >= 11 is 0. The van der Waals surface area contributed by atoms with Crippen molar-refractivity contribution in [1.29, 1.82) is 0 Å². The number of pyridine rings is 1. The second-order valence-electron chi connectivity index (χ2n) is 6.41. The number of nitrogens with zero attached hydrogens (tertiary/aromatic N) is 2. The predicted octanol–water partition coefficient (Wildman–Crippen LogP) is 2.25. The maximum Gasteiger partial charge on any atom is 0.258 e. The molecule has 0 spiro atoms. The summed E-state index contributed by atoms with van der Waals surface area (Å²) in [4.78, 5) is 31.0. The van der Waals surface area contributed by atoms with Crippen LogP contribution in [0.1, 0.15) is 29.9 Å². The molecular weight excluding hydrogens is 316 g/mol. The van der Waals surface area contributed by atoms with Crippen LogP contribution < -0.4 is 10.6 Å². The highest BCUT2D eigenvalue weighted by Crippen LogP contribution is 2.27. The molecule has 2 amide bonds. The first-order chi connectivity index (χ1) is 12.1. The molecule has 3 rings (SSSR count). The predicted molar refractivity (Wildman–Crippen MR) is 95.8 cm³/mol. The molecule has 1 aromatic carbocycles. The van der Waals surface area contributed by atoms with Crippen molar-refractivity contribution < 1.29 is 9.59 Å². The van der Waals surface area contributed by atoms with E-state index >= 15 is 0 Å². The number of carbonyl (C=O) groups excluding carboxylic acids is 2. The van der Waals surface area contributed by atoms with E-state index in [1.807, 2.05) is 50.2 Å². The molecule has 6 heteroatoms. The van der Waals surface area contributed by atoms with Crippen LogP contribution in [0.4, 0.5) is 5.69 Å². The zero-order valence-electron chi connectivity index (χ0n) is 14.4. The molecule has 1 aliphatic heterocycles. The smallest absolute Gasteiger partial charge is 0.258 e. The monoisotopic (exact) mass is 338 g/mol. The van der Waals surface area contributed by atoms with E-state index in [1.54, 1.807) is 17.2 Å². The molecule has 1 aromatic heterocycles. The van der Waals surface area contributed by atoms with E-state index in [0.717, 1.165) is 11.4 Å². The van der Waals surface area contributed by atoms with Crippen molar-refractivity contribution in [2.24, 2.45) is 5.92 Å². The summed E-state index contributed by atoms with van der Waals surface area (Å²) in [5.41, 5.74) is 2.19. The van der Waals surface area contributed by atoms with Gasteiger partial charge in [-0.3, -0.25) is 14.6 Å². The van der Waals surface area contributed by atoms with Crippen LogP contribution in [0.15, 0.2) is 48.7 Å². The molecule has 25 heavy (non-hydrogen) atoms. The van der Waals surface area contributed by atoms with Crippen LogP contribution in [0.5, 0.6) is 0 Å². The number of hydrogen-bond acceptors (Lipinski definition) is 4. The fraction of sp³-hybridized carbons (Fsp3) is 0.316. The van der Waals surface area contributed by atoms with Gasteiger partial charge < -0.3 is 15.5 Å². The number of rotatable bonds is 5. The minimum atomic E-state index is -0.219. The van der Waals surface area contributed by atoms with Crippen molar-refractivity contribution in [2.75, 3.05) is 11.9 Å². The summed E-state index contributed by atoms with van der Waals surface area (Å²) in [6.07, 6.45) is 1.47. The van der Waals surface area contributed by atoms with E-state index in [0.29, 0.717) is 12.1 Å². The Kier molecular flexibility index (Phi) is 4.97. The molecule has 0 aliphatic carbocycles. The van der Waals surface area contributed by atoms with E-state index in [4.69, 9.17) is 0 Å². The molecule has 0 fully saturated rings. The van der Waals surface area contributed by atoms with Crippen molar-refractivity contribution in [2.45, 2.75) is 26.6 Å². The van der Waals surface area contributed by atoms with Crippen LogP contribution in [0.2, 0.25) is 0 Å². The molecule has 2 aromatic rings. The van der Waals surface area contributed by atoms with E-state index in [-0.39, 0.29) is 30.4 Å². The number of fused-ring (bicyclic) bond motifs is 1. The Balaban J connectivity index is 1.71. The lowest BCUT2D eigenvalue weighted by molar-refractivity contribution is -0.122. The summed E-state index contributed by atoms with van der Waals surface area (Å²) in [7, 11) is 0. The van der Waals surface area contributed by atoms with Gasteiger partial charge in [0.05, 0.1) is 17.8 Å². The fourth-order valence-corrected chi connectivity index (χ4v) is 2.91. The van der Waals surface area contributed by atoms with E-state index < -0.39 is 0 Å². The van der Waals surface area contributed by atoms with Crippen LogP contribution in [0, 0.1) is 5.92 Å². The summed E-state index contributed by atoms with van der Waals surface area (Å²) in [5, 5.41) is 6.20. The molecule has 2 heterocycles. The van der Waals surface area contributed by atoms with Crippen LogP contribution in [-0.4, -0.2) is 34.4 Å². The molecule has 1 aliphatic rings. The summed E-state index contributed by atoms with van der Waals surface area (Å²) in [5.74, 6) is -0.159. The fourth-order valence-electron chi connectivity index (χ4n) is 2.91. The maximum atomic E-state index is 12.8. The zero-order chi connectivity index (χ0) is 17.8. The van der Waals surface area contributed by atoms with Crippen LogP contribution in [0.3, 0.4) is 0 Å². The quantitative estimate of drug-likeness (QED) is 0.877. The van der Waals surface area contributed by atoms with Crippen LogP contribution in [0.25, 0.3) is 0 Å². The summed E-state index contributed by atoms with van der Waals surface area (Å²) < 4.78 is 0. The first-order valence-corrected chi connectivity index (χ1v) is 8.39. The molecule has 0 unspecified atom stereocenters. The van der Waals surface area contributed by atoms with E-state index in [9.17, 15) is 9.59 Å². The van der Waals surface area contributed by atoms with Gasteiger partial charge in [0.2, 0.25) is 5.91 Å². The molecule has 0 bridgehead atoms. The van der Waals surface area contributed by atoms with Gasteiger partial charge in [-0.1, -0.05) is 32.0 Å². The Hall–Kier alpha value is -2.89.